The minimum absolute atomic E-state index is 0.00269. The third kappa shape index (κ3) is 2.75. The molecule has 0 saturated carbocycles. The lowest BCUT2D eigenvalue weighted by Crippen LogP contribution is -2.47. The molecule has 12 heavy (non-hydrogen) atoms. The van der Waals surface area contributed by atoms with Crippen molar-refractivity contribution in [3.63, 3.8) is 0 Å². The number of hydrogen-bond donors (Lipinski definition) is 2. The van der Waals surface area contributed by atoms with Crippen molar-refractivity contribution in [2.45, 2.75) is 38.8 Å². The zero-order valence-electron chi connectivity index (χ0n) is 7.84. The van der Waals surface area contributed by atoms with Gasteiger partial charge in [-0.2, -0.15) is 0 Å². The molecule has 0 amide bonds. The Kier molecular flexibility index (Phi) is 4.78. The minimum Gasteiger partial charge on any atom is -0.323 e. The van der Waals surface area contributed by atoms with Crippen molar-refractivity contribution in [2.75, 3.05) is 0 Å². The maximum Gasteiger partial charge on any atom is 0.151 e. The summed E-state index contributed by atoms with van der Waals surface area (Å²) in [7, 11) is 0. The van der Waals surface area contributed by atoms with E-state index in [1.165, 1.54) is 0 Å². The summed E-state index contributed by atoms with van der Waals surface area (Å²) in [6.07, 6.45) is 1.21. The Bertz CT molecular complexity index is 157. The Morgan fingerprint density at radius 2 is 1.75 bits per heavy atom. The summed E-state index contributed by atoms with van der Waals surface area (Å²) in [6, 6.07) is -0.968. The van der Waals surface area contributed by atoms with Gasteiger partial charge in [0, 0.05) is 12.5 Å². The molecule has 2 atom stereocenters. The normalized spacial score (nSPS) is 15.3. The molecule has 4 N–H and O–H groups in total. The summed E-state index contributed by atoms with van der Waals surface area (Å²) in [6.45, 7) is 7.48. The second-order valence-electron chi connectivity index (χ2n) is 2.88. The van der Waals surface area contributed by atoms with Crippen molar-refractivity contribution < 1.29 is 4.79 Å². The van der Waals surface area contributed by atoms with Gasteiger partial charge in [0.05, 0.1) is 6.04 Å². The monoisotopic (exact) mass is 170 g/mol. The fraction of sp³-hybridized carbons (Fsp3) is 0.667. The minimum atomic E-state index is -0.581. The third-order valence-electron chi connectivity index (χ3n) is 2.03. The summed E-state index contributed by atoms with van der Waals surface area (Å²) in [5.74, 6) is -0.00269. The molecule has 0 aliphatic carbocycles. The van der Waals surface area contributed by atoms with Crippen molar-refractivity contribution in [1.82, 2.24) is 0 Å². The van der Waals surface area contributed by atoms with Crippen LogP contribution in [0.2, 0.25) is 0 Å². The Labute approximate surface area is 73.8 Å². The molecule has 0 saturated heterocycles. The van der Waals surface area contributed by atoms with Crippen LogP contribution in [0.1, 0.15) is 26.7 Å². The van der Waals surface area contributed by atoms with Crippen molar-refractivity contribution in [3.8, 4) is 0 Å². The van der Waals surface area contributed by atoms with E-state index in [2.05, 4.69) is 6.58 Å². The second kappa shape index (κ2) is 5.06. The van der Waals surface area contributed by atoms with Crippen LogP contribution >= 0.6 is 0 Å². The van der Waals surface area contributed by atoms with Gasteiger partial charge in [-0.3, -0.25) is 4.79 Å². The number of ketones is 1. The zero-order valence-corrected chi connectivity index (χ0v) is 7.84. The Morgan fingerprint density at radius 1 is 1.25 bits per heavy atom. The molecule has 3 heteroatoms. The quantitative estimate of drug-likeness (QED) is 0.593. The van der Waals surface area contributed by atoms with E-state index in [9.17, 15) is 4.79 Å². The largest absolute Gasteiger partial charge is 0.323 e. The number of rotatable bonds is 5. The van der Waals surface area contributed by atoms with Crippen LogP contribution in [0.15, 0.2) is 12.2 Å². The van der Waals surface area contributed by atoms with E-state index >= 15 is 0 Å². The van der Waals surface area contributed by atoms with Crippen LogP contribution in [0.4, 0.5) is 0 Å². The van der Waals surface area contributed by atoms with Crippen LogP contribution in [0.5, 0.6) is 0 Å². The first-order valence-corrected chi connectivity index (χ1v) is 4.26. The van der Waals surface area contributed by atoms with Crippen LogP contribution in [0, 0.1) is 0 Å². The summed E-state index contributed by atoms with van der Waals surface area (Å²) >= 11 is 0. The van der Waals surface area contributed by atoms with Gasteiger partial charge in [-0.1, -0.05) is 26.0 Å². The summed E-state index contributed by atoms with van der Waals surface area (Å²) in [4.78, 5) is 11.1. The summed E-state index contributed by atoms with van der Waals surface area (Å²) in [5.41, 5.74) is 12.2. The number of carbonyl (C=O) groups excluding carboxylic acids is 1. The number of nitrogens with two attached hydrogens (primary N) is 2. The molecule has 0 fully saturated rings. The lowest BCUT2D eigenvalue weighted by atomic mass is 9.96. The van der Waals surface area contributed by atoms with Crippen LogP contribution in [-0.2, 0) is 4.79 Å². The van der Waals surface area contributed by atoms with Gasteiger partial charge in [-0.15, -0.1) is 0 Å². The topological polar surface area (TPSA) is 69.1 Å². The van der Waals surface area contributed by atoms with Gasteiger partial charge in [-0.05, 0) is 6.42 Å². The highest BCUT2D eigenvalue weighted by atomic mass is 16.1. The molecule has 0 aromatic heterocycles. The second-order valence-corrected chi connectivity index (χ2v) is 2.88. The molecule has 0 aliphatic rings. The third-order valence-corrected chi connectivity index (χ3v) is 2.03. The molecule has 0 radical (unpaired) electrons. The Balaban J connectivity index is 4.18. The Hall–Kier alpha value is -0.670. The van der Waals surface area contributed by atoms with Gasteiger partial charge in [0.1, 0.15) is 0 Å². The molecule has 0 heterocycles. The molecule has 0 rings (SSSR count). The molecule has 0 bridgehead atoms. The number of carbonyl (C=O) groups is 1. The molecule has 3 nitrogen and oxygen atoms in total. The highest BCUT2D eigenvalue weighted by Gasteiger charge is 2.20. The Morgan fingerprint density at radius 3 is 2.08 bits per heavy atom. The zero-order chi connectivity index (χ0) is 9.72. The summed E-state index contributed by atoms with van der Waals surface area (Å²) < 4.78 is 0. The average Bonchev–Trinajstić information content (AvgIpc) is 2.12. The molecule has 2 unspecified atom stereocenters. The van der Waals surface area contributed by atoms with Gasteiger partial charge >= 0.3 is 0 Å². The van der Waals surface area contributed by atoms with Crippen LogP contribution in [-0.4, -0.2) is 17.9 Å². The molecular weight excluding hydrogens is 152 g/mol. The van der Waals surface area contributed by atoms with E-state index in [-0.39, 0.29) is 11.8 Å². The first kappa shape index (κ1) is 11.3. The van der Waals surface area contributed by atoms with E-state index in [4.69, 9.17) is 11.5 Å². The predicted octanol–water partition coefficient (Wildman–Crippen LogP) is 0.586. The standard InChI is InChI=1S/C9H18N2O/c1-4-6(3)8(10)9(11)7(12)5-2/h8-9H,3-5,10-11H2,1-2H3. The summed E-state index contributed by atoms with van der Waals surface area (Å²) in [5, 5.41) is 0. The maximum absolute atomic E-state index is 11.1. The van der Waals surface area contributed by atoms with Gasteiger partial charge in [-0.25, -0.2) is 0 Å². The number of hydrogen-bond acceptors (Lipinski definition) is 3. The van der Waals surface area contributed by atoms with Crippen molar-refractivity contribution in [1.29, 1.82) is 0 Å². The fourth-order valence-corrected chi connectivity index (χ4v) is 0.926. The van der Waals surface area contributed by atoms with Gasteiger partial charge in [0.15, 0.2) is 5.78 Å². The molecule has 0 aliphatic heterocycles. The van der Waals surface area contributed by atoms with E-state index in [0.29, 0.717) is 6.42 Å². The highest BCUT2D eigenvalue weighted by Crippen LogP contribution is 2.06. The van der Waals surface area contributed by atoms with E-state index in [0.717, 1.165) is 12.0 Å². The van der Waals surface area contributed by atoms with Gasteiger partial charge in [0.25, 0.3) is 0 Å². The van der Waals surface area contributed by atoms with Crippen LogP contribution in [0.3, 0.4) is 0 Å². The van der Waals surface area contributed by atoms with Crippen molar-refractivity contribution >= 4 is 5.78 Å². The SMILES string of the molecule is C=C(CC)C(N)C(N)C(=O)CC. The average molecular weight is 170 g/mol. The lowest BCUT2D eigenvalue weighted by molar-refractivity contribution is -0.120. The first-order chi connectivity index (χ1) is 5.54. The first-order valence-electron chi connectivity index (χ1n) is 4.26. The molecular formula is C9H18N2O. The molecule has 70 valence electrons. The molecule has 0 aromatic rings. The van der Waals surface area contributed by atoms with Crippen LogP contribution in [0.25, 0.3) is 0 Å². The predicted molar refractivity (Wildman–Crippen MR) is 50.7 cm³/mol. The highest BCUT2D eigenvalue weighted by molar-refractivity contribution is 5.84. The molecule has 0 spiro atoms. The lowest BCUT2D eigenvalue weighted by Gasteiger charge is -2.19. The van der Waals surface area contributed by atoms with Crippen molar-refractivity contribution in [2.24, 2.45) is 11.5 Å². The molecule has 0 aromatic carbocycles. The smallest absolute Gasteiger partial charge is 0.151 e. The van der Waals surface area contributed by atoms with Gasteiger partial charge in [0.2, 0.25) is 0 Å². The number of Topliss-reactive ketones (excluding diaryl/α,β-unsaturated/α-hetero) is 1. The van der Waals surface area contributed by atoms with Gasteiger partial charge < -0.3 is 11.5 Å². The van der Waals surface area contributed by atoms with Crippen molar-refractivity contribution in [3.05, 3.63) is 12.2 Å². The van der Waals surface area contributed by atoms with E-state index < -0.39 is 6.04 Å². The van der Waals surface area contributed by atoms with E-state index in [1.54, 1.807) is 6.92 Å². The fourth-order valence-electron chi connectivity index (χ4n) is 0.926. The maximum atomic E-state index is 11.1. The van der Waals surface area contributed by atoms with Crippen LogP contribution < -0.4 is 11.5 Å². The van der Waals surface area contributed by atoms with E-state index in [1.807, 2.05) is 6.92 Å².